The highest BCUT2D eigenvalue weighted by Crippen LogP contribution is 2.39. The largest absolute Gasteiger partial charge is 0.337 e. The third kappa shape index (κ3) is 2.53. The Kier molecular flexibility index (Phi) is 3.63. The fourth-order valence-corrected chi connectivity index (χ4v) is 4.27. The van der Waals surface area contributed by atoms with Crippen LogP contribution in [0.25, 0.3) is 21.8 Å². The molecule has 0 unspecified atom stereocenters. The van der Waals surface area contributed by atoms with Crippen LogP contribution >= 0.6 is 0 Å². The molecule has 130 valence electrons. The molecule has 2 aromatic carbocycles. The van der Waals surface area contributed by atoms with Crippen LogP contribution in [0, 0.1) is 6.92 Å². The lowest BCUT2D eigenvalue weighted by Gasteiger charge is -2.16. The Morgan fingerprint density at radius 2 is 1.92 bits per heavy atom. The number of benzene rings is 2. The molecule has 2 aromatic heterocycles. The van der Waals surface area contributed by atoms with Gasteiger partial charge < -0.3 is 5.32 Å². The number of nitrogens with one attached hydrogen (secondary N) is 2. The summed E-state index contributed by atoms with van der Waals surface area (Å²) in [4.78, 5) is 4.44. The van der Waals surface area contributed by atoms with Crippen molar-refractivity contribution in [1.82, 2.24) is 15.2 Å². The van der Waals surface area contributed by atoms with Crippen LogP contribution < -0.4 is 5.32 Å². The molecule has 5 rings (SSSR count). The van der Waals surface area contributed by atoms with Gasteiger partial charge in [-0.05, 0) is 71.8 Å². The van der Waals surface area contributed by atoms with E-state index in [9.17, 15) is 0 Å². The molecule has 0 aliphatic heterocycles. The number of aryl methyl sites for hydroxylation is 1. The van der Waals surface area contributed by atoms with Gasteiger partial charge in [0, 0.05) is 11.9 Å². The van der Waals surface area contributed by atoms with E-state index < -0.39 is 0 Å². The van der Waals surface area contributed by atoms with Crippen molar-refractivity contribution in [2.45, 2.75) is 38.5 Å². The number of hydrogen-bond donors (Lipinski definition) is 2. The Morgan fingerprint density at radius 1 is 1.04 bits per heavy atom. The number of nitrogens with zero attached hydrogens (tertiary/aromatic N) is 2. The lowest BCUT2D eigenvalue weighted by atomic mass is 9.90. The van der Waals surface area contributed by atoms with Gasteiger partial charge in [0.25, 0.3) is 0 Å². The molecule has 0 saturated heterocycles. The molecule has 2 heterocycles. The minimum Gasteiger partial charge on any atom is -0.337 e. The first kappa shape index (κ1) is 15.4. The standard InChI is InChI=1S/C22H22N4/c1-14-8-10-18(15-5-2-3-6-15)19-13-16(9-11-17(14)19)24-22-21-20(25-26-22)7-4-12-23-21/h4,7-13,15H,2-3,5-6H2,1H3,(H2,24,25,26). The van der Waals surface area contributed by atoms with Gasteiger partial charge in [-0.15, -0.1) is 0 Å². The normalized spacial score (nSPS) is 15.1. The molecule has 0 bridgehead atoms. The molecular weight excluding hydrogens is 320 g/mol. The Morgan fingerprint density at radius 3 is 2.81 bits per heavy atom. The summed E-state index contributed by atoms with van der Waals surface area (Å²) < 4.78 is 0. The molecule has 1 saturated carbocycles. The third-order valence-electron chi connectivity index (χ3n) is 5.65. The molecule has 0 atom stereocenters. The molecule has 1 fully saturated rings. The summed E-state index contributed by atoms with van der Waals surface area (Å²) in [5.41, 5.74) is 5.70. The van der Waals surface area contributed by atoms with E-state index in [0.29, 0.717) is 5.92 Å². The molecule has 1 aliphatic rings. The van der Waals surface area contributed by atoms with Gasteiger partial charge in [-0.2, -0.15) is 5.10 Å². The highest BCUT2D eigenvalue weighted by molar-refractivity contribution is 5.93. The van der Waals surface area contributed by atoms with Gasteiger partial charge in [0.05, 0.1) is 5.52 Å². The summed E-state index contributed by atoms with van der Waals surface area (Å²) in [6, 6.07) is 15.2. The number of aromatic amines is 1. The van der Waals surface area contributed by atoms with Crippen molar-refractivity contribution in [3.05, 3.63) is 59.8 Å². The highest BCUT2D eigenvalue weighted by atomic mass is 15.2. The smallest absolute Gasteiger partial charge is 0.178 e. The zero-order valence-corrected chi connectivity index (χ0v) is 14.9. The maximum absolute atomic E-state index is 4.44. The maximum atomic E-state index is 4.44. The number of aromatic nitrogens is 3. The van der Waals surface area contributed by atoms with Gasteiger partial charge in [0.2, 0.25) is 0 Å². The molecular formula is C22H22N4. The van der Waals surface area contributed by atoms with Gasteiger partial charge in [-0.25, -0.2) is 0 Å². The number of rotatable bonds is 3. The van der Waals surface area contributed by atoms with Gasteiger partial charge in [-0.1, -0.05) is 31.0 Å². The Bertz CT molecular complexity index is 1090. The molecule has 0 amide bonds. The van der Waals surface area contributed by atoms with E-state index in [-0.39, 0.29) is 0 Å². The number of anilines is 2. The fraction of sp³-hybridized carbons (Fsp3) is 0.273. The van der Waals surface area contributed by atoms with Crippen LogP contribution in [0.3, 0.4) is 0 Å². The summed E-state index contributed by atoms with van der Waals surface area (Å²) in [5.74, 6) is 1.47. The molecule has 0 radical (unpaired) electrons. The average molecular weight is 342 g/mol. The maximum Gasteiger partial charge on any atom is 0.178 e. The number of fused-ring (bicyclic) bond motifs is 2. The zero-order valence-electron chi connectivity index (χ0n) is 14.9. The lowest BCUT2D eigenvalue weighted by Crippen LogP contribution is -1.97. The second-order valence-electron chi connectivity index (χ2n) is 7.31. The first-order valence-corrected chi connectivity index (χ1v) is 9.39. The summed E-state index contributed by atoms with van der Waals surface area (Å²) >= 11 is 0. The van der Waals surface area contributed by atoms with Crippen molar-refractivity contribution in [1.29, 1.82) is 0 Å². The highest BCUT2D eigenvalue weighted by Gasteiger charge is 2.19. The number of pyridine rings is 1. The van der Waals surface area contributed by atoms with Gasteiger partial charge in [0.15, 0.2) is 5.82 Å². The van der Waals surface area contributed by atoms with Crippen molar-refractivity contribution < 1.29 is 0 Å². The van der Waals surface area contributed by atoms with Crippen LogP contribution in [-0.2, 0) is 0 Å². The molecule has 2 N–H and O–H groups in total. The van der Waals surface area contributed by atoms with Gasteiger partial charge in [-0.3, -0.25) is 10.1 Å². The molecule has 26 heavy (non-hydrogen) atoms. The molecule has 1 aliphatic carbocycles. The second-order valence-corrected chi connectivity index (χ2v) is 7.31. The van der Waals surface area contributed by atoms with Crippen molar-refractivity contribution in [2.24, 2.45) is 0 Å². The van der Waals surface area contributed by atoms with E-state index in [4.69, 9.17) is 0 Å². The average Bonchev–Trinajstić information content (AvgIpc) is 3.33. The second kappa shape index (κ2) is 6.13. The monoisotopic (exact) mass is 342 g/mol. The lowest BCUT2D eigenvalue weighted by molar-refractivity contribution is 0.729. The predicted octanol–water partition coefficient (Wildman–Crippen LogP) is 5.82. The van der Waals surface area contributed by atoms with E-state index >= 15 is 0 Å². The first-order valence-electron chi connectivity index (χ1n) is 9.39. The van der Waals surface area contributed by atoms with E-state index in [0.717, 1.165) is 22.5 Å². The zero-order chi connectivity index (χ0) is 17.5. The van der Waals surface area contributed by atoms with Crippen LogP contribution in [0.4, 0.5) is 11.5 Å². The van der Waals surface area contributed by atoms with Crippen molar-refractivity contribution in [3.8, 4) is 0 Å². The van der Waals surface area contributed by atoms with E-state index in [1.54, 1.807) is 6.20 Å². The van der Waals surface area contributed by atoms with Crippen molar-refractivity contribution in [2.75, 3.05) is 5.32 Å². The Hall–Kier alpha value is -2.88. The van der Waals surface area contributed by atoms with Crippen LogP contribution in [0.2, 0.25) is 0 Å². The molecule has 4 heteroatoms. The van der Waals surface area contributed by atoms with Crippen molar-refractivity contribution >= 4 is 33.3 Å². The summed E-state index contributed by atoms with van der Waals surface area (Å²) in [6.45, 7) is 2.19. The number of hydrogen-bond acceptors (Lipinski definition) is 3. The summed E-state index contributed by atoms with van der Waals surface area (Å²) in [6.07, 6.45) is 7.12. The minimum absolute atomic E-state index is 0.696. The Labute approximate surface area is 152 Å². The quantitative estimate of drug-likeness (QED) is 0.493. The molecule has 0 spiro atoms. The van der Waals surface area contributed by atoms with Crippen LogP contribution in [-0.4, -0.2) is 15.2 Å². The van der Waals surface area contributed by atoms with Gasteiger partial charge >= 0.3 is 0 Å². The number of H-pyrrole nitrogens is 1. The predicted molar refractivity (Wildman–Crippen MR) is 107 cm³/mol. The van der Waals surface area contributed by atoms with E-state index in [1.807, 2.05) is 12.1 Å². The van der Waals surface area contributed by atoms with Crippen LogP contribution in [0.15, 0.2) is 48.7 Å². The van der Waals surface area contributed by atoms with E-state index in [2.05, 4.69) is 57.8 Å². The van der Waals surface area contributed by atoms with Crippen LogP contribution in [0.1, 0.15) is 42.7 Å². The molecule has 4 nitrogen and oxygen atoms in total. The van der Waals surface area contributed by atoms with Crippen LogP contribution in [0.5, 0.6) is 0 Å². The Balaban J connectivity index is 1.59. The third-order valence-corrected chi connectivity index (χ3v) is 5.65. The first-order chi connectivity index (χ1) is 12.8. The van der Waals surface area contributed by atoms with Gasteiger partial charge in [0.1, 0.15) is 5.52 Å². The topological polar surface area (TPSA) is 53.6 Å². The van der Waals surface area contributed by atoms with Crippen molar-refractivity contribution in [3.63, 3.8) is 0 Å². The minimum atomic E-state index is 0.696. The summed E-state index contributed by atoms with van der Waals surface area (Å²) in [7, 11) is 0. The summed E-state index contributed by atoms with van der Waals surface area (Å²) in [5, 5.41) is 13.6. The van der Waals surface area contributed by atoms with E-state index in [1.165, 1.54) is 47.6 Å². The SMILES string of the molecule is Cc1ccc(C2CCCC2)c2cc(Nc3n[nH]c4cccnc34)ccc12. The molecule has 4 aromatic rings. The fourth-order valence-electron chi connectivity index (χ4n) is 4.27.